The maximum Gasteiger partial charge on any atom is 0.251 e. The van der Waals surface area contributed by atoms with Gasteiger partial charge in [0.15, 0.2) is 5.82 Å². The number of anilines is 2. The first-order valence-corrected chi connectivity index (χ1v) is 12.8. The number of ether oxygens (including phenoxy) is 1. The summed E-state index contributed by atoms with van der Waals surface area (Å²) in [4.78, 5) is 40.0. The van der Waals surface area contributed by atoms with Crippen molar-refractivity contribution in [1.29, 1.82) is 0 Å². The highest BCUT2D eigenvalue weighted by atomic mass is 35.5. The van der Waals surface area contributed by atoms with Crippen LogP contribution in [0.5, 0.6) is 5.88 Å². The topological polar surface area (TPSA) is 99.1 Å². The Hall–Kier alpha value is -3.76. The van der Waals surface area contributed by atoms with Crippen molar-refractivity contribution in [2.45, 2.75) is 25.5 Å². The van der Waals surface area contributed by atoms with Gasteiger partial charge in [-0.25, -0.2) is 9.37 Å². The summed E-state index contributed by atoms with van der Waals surface area (Å²) in [5.41, 5.74) is 2.58. The average molecular weight is 538 g/mol. The lowest BCUT2D eigenvalue weighted by molar-refractivity contribution is -0.128. The van der Waals surface area contributed by atoms with E-state index in [1.54, 1.807) is 34.2 Å². The predicted molar refractivity (Wildman–Crippen MR) is 141 cm³/mol. The summed E-state index contributed by atoms with van der Waals surface area (Å²) >= 11 is 6.68. The lowest BCUT2D eigenvalue weighted by atomic mass is 9.96. The fraction of sp³-hybridized carbons (Fsp3) is 0.333. The number of aryl methyl sites for hydroxylation is 1. The van der Waals surface area contributed by atoms with Crippen LogP contribution in [0.2, 0.25) is 5.02 Å². The molecular weight excluding hydrogens is 513 g/mol. The minimum Gasteiger partial charge on any atom is -0.471 e. The molecule has 1 N–H and O–H groups in total. The first-order valence-electron chi connectivity index (χ1n) is 12.4. The van der Waals surface area contributed by atoms with E-state index in [2.05, 4.69) is 16.5 Å². The van der Waals surface area contributed by atoms with Gasteiger partial charge in [0, 0.05) is 54.5 Å². The third kappa shape index (κ3) is 3.70. The molecule has 0 unspecified atom stereocenters. The highest BCUT2D eigenvalue weighted by Crippen LogP contribution is 2.51. The summed E-state index contributed by atoms with van der Waals surface area (Å²) in [5.74, 6) is -0.955. The Bertz CT molecular complexity index is 1500. The molecule has 11 heteroatoms. The molecule has 3 aliphatic heterocycles. The number of pyridine rings is 2. The standard InChI is InChI=1S/C27H25ClFN5O4/c1-3-20(36)32-7-8-33-19(13-32)27(37)34-12-16(6-9-35)38-26-25(34)24(33)17-10-18(28)21(22(29)23(17)31-26)15-5-4-14(2)30-11-15/h3-5,10-11,16,19,35H,1,6-9,12-13H2,2H3/t16-,19+/m0/s1. The van der Waals surface area contributed by atoms with Crippen LogP contribution in [0.1, 0.15) is 12.1 Å². The molecule has 2 atom stereocenters. The molecule has 0 radical (unpaired) electrons. The number of halogens is 2. The number of rotatable bonds is 4. The molecule has 0 bridgehead atoms. The number of piperazine rings is 1. The second-order valence-corrected chi connectivity index (χ2v) is 10.1. The molecule has 1 saturated heterocycles. The molecule has 196 valence electrons. The van der Waals surface area contributed by atoms with Crippen molar-refractivity contribution in [3.05, 3.63) is 53.6 Å². The smallest absolute Gasteiger partial charge is 0.251 e. The number of aliphatic hydroxyl groups excluding tert-OH is 1. The van der Waals surface area contributed by atoms with Crippen LogP contribution in [0.15, 0.2) is 37.1 Å². The summed E-state index contributed by atoms with van der Waals surface area (Å²) in [6, 6.07) is 4.51. The summed E-state index contributed by atoms with van der Waals surface area (Å²) in [7, 11) is 0. The first kappa shape index (κ1) is 24.6. The van der Waals surface area contributed by atoms with Crippen LogP contribution in [-0.2, 0) is 9.59 Å². The maximum atomic E-state index is 16.2. The molecular formula is C27H25ClFN5O4. The molecule has 6 rings (SSSR count). The average Bonchev–Trinajstić information content (AvgIpc) is 2.91. The third-order valence-corrected chi connectivity index (χ3v) is 7.68. The SMILES string of the molecule is C=CC(=O)N1CCN2c3c4c(nc5c(F)c(-c6ccc(C)nc6)c(Cl)cc35)O[C@@H](CCO)CN4C(=O)[C@H]2C1. The monoisotopic (exact) mass is 537 g/mol. The van der Waals surface area contributed by atoms with E-state index < -0.39 is 18.0 Å². The second-order valence-electron chi connectivity index (χ2n) is 9.64. The van der Waals surface area contributed by atoms with Gasteiger partial charge in [-0.15, -0.1) is 0 Å². The molecule has 9 nitrogen and oxygen atoms in total. The zero-order chi connectivity index (χ0) is 26.7. The van der Waals surface area contributed by atoms with Gasteiger partial charge in [0.25, 0.3) is 5.91 Å². The largest absolute Gasteiger partial charge is 0.471 e. The highest BCUT2D eigenvalue weighted by Gasteiger charge is 2.47. The van der Waals surface area contributed by atoms with Gasteiger partial charge in [0.1, 0.15) is 23.3 Å². The van der Waals surface area contributed by atoms with Crippen LogP contribution in [-0.4, -0.2) is 76.7 Å². The molecule has 5 heterocycles. The third-order valence-electron chi connectivity index (χ3n) is 7.38. The van der Waals surface area contributed by atoms with Gasteiger partial charge in [-0.05, 0) is 25.1 Å². The van der Waals surface area contributed by atoms with Crippen molar-refractivity contribution < 1.29 is 23.8 Å². The van der Waals surface area contributed by atoms with Gasteiger partial charge >= 0.3 is 0 Å². The number of carbonyl (C=O) groups is 2. The lowest BCUT2D eigenvalue weighted by Crippen LogP contribution is -2.65. The Balaban J connectivity index is 1.59. The molecule has 1 aromatic carbocycles. The maximum absolute atomic E-state index is 16.2. The van der Waals surface area contributed by atoms with Crippen LogP contribution >= 0.6 is 11.6 Å². The normalized spacial score (nSPS) is 20.2. The van der Waals surface area contributed by atoms with Crippen molar-refractivity contribution >= 4 is 45.7 Å². The number of nitrogens with zero attached hydrogens (tertiary/aromatic N) is 5. The molecule has 1 fully saturated rings. The molecule has 2 aromatic heterocycles. The van der Waals surface area contributed by atoms with Crippen molar-refractivity contribution in [2.75, 3.05) is 42.6 Å². The van der Waals surface area contributed by atoms with Gasteiger partial charge < -0.3 is 24.5 Å². The second kappa shape index (κ2) is 9.21. The van der Waals surface area contributed by atoms with E-state index in [9.17, 15) is 14.7 Å². The Morgan fingerprint density at radius 1 is 1.32 bits per heavy atom. The Morgan fingerprint density at radius 3 is 2.84 bits per heavy atom. The minimum absolute atomic E-state index is 0.0565. The molecule has 2 amide bonds. The first-order chi connectivity index (χ1) is 18.3. The molecule has 38 heavy (non-hydrogen) atoms. The Morgan fingerprint density at radius 2 is 2.13 bits per heavy atom. The summed E-state index contributed by atoms with van der Waals surface area (Å²) in [5, 5.41) is 10.2. The number of amides is 2. The van der Waals surface area contributed by atoms with Crippen molar-refractivity contribution in [3.63, 3.8) is 0 Å². The zero-order valence-electron chi connectivity index (χ0n) is 20.7. The number of aromatic nitrogens is 2. The van der Waals surface area contributed by atoms with Crippen LogP contribution in [0.25, 0.3) is 22.0 Å². The Labute approximate surface area is 223 Å². The van der Waals surface area contributed by atoms with Crippen LogP contribution in [0.4, 0.5) is 15.8 Å². The van der Waals surface area contributed by atoms with Gasteiger partial charge in [0.2, 0.25) is 11.8 Å². The van der Waals surface area contributed by atoms with Crippen LogP contribution in [0, 0.1) is 12.7 Å². The van der Waals surface area contributed by atoms with Crippen LogP contribution in [0.3, 0.4) is 0 Å². The van der Waals surface area contributed by atoms with Gasteiger partial charge in [-0.1, -0.05) is 24.2 Å². The molecule has 3 aliphatic rings. The summed E-state index contributed by atoms with van der Waals surface area (Å²) in [6.45, 7) is 6.34. The van der Waals surface area contributed by atoms with Crippen molar-refractivity contribution in [3.8, 4) is 17.0 Å². The molecule has 0 spiro atoms. The number of benzene rings is 1. The lowest BCUT2D eigenvalue weighted by Gasteiger charge is -2.50. The minimum atomic E-state index is -0.686. The number of aliphatic hydroxyl groups is 1. The molecule has 3 aromatic rings. The van der Waals surface area contributed by atoms with Gasteiger partial charge in [0.05, 0.1) is 23.8 Å². The van der Waals surface area contributed by atoms with E-state index in [0.29, 0.717) is 35.4 Å². The van der Waals surface area contributed by atoms with Crippen molar-refractivity contribution in [1.82, 2.24) is 14.9 Å². The highest BCUT2D eigenvalue weighted by molar-refractivity contribution is 6.34. The number of carbonyl (C=O) groups excluding carboxylic acids is 2. The van der Waals surface area contributed by atoms with E-state index in [4.69, 9.17) is 16.3 Å². The molecule has 0 saturated carbocycles. The predicted octanol–water partition coefficient (Wildman–Crippen LogP) is 3.09. The summed E-state index contributed by atoms with van der Waals surface area (Å²) in [6.07, 6.45) is 2.55. The fourth-order valence-corrected chi connectivity index (χ4v) is 5.84. The quantitative estimate of drug-likeness (QED) is 0.511. The van der Waals surface area contributed by atoms with Crippen molar-refractivity contribution in [2.24, 2.45) is 0 Å². The summed E-state index contributed by atoms with van der Waals surface area (Å²) < 4.78 is 22.3. The van der Waals surface area contributed by atoms with E-state index in [0.717, 1.165) is 5.69 Å². The van der Waals surface area contributed by atoms with E-state index in [-0.39, 0.29) is 59.9 Å². The van der Waals surface area contributed by atoms with E-state index in [1.807, 2.05) is 11.8 Å². The number of hydrogen-bond donors (Lipinski definition) is 1. The van der Waals surface area contributed by atoms with Crippen LogP contribution < -0.4 is 14.5 Å². The van der Waals surface area contributed by atoms with Gasteiger partial charge in [-0.2, -0.15) is 0 Å². The number of fused-ring (bicyclic) bond motifs is 4. The zero-order valence-corrected chi connectivity index (χ0v) is 21.4. The van der Waals surface area contributed by atoms with E-state index in [1.165, 1.54) is 6.08 Å². The molecule has 0 aliphatic carbocycles. The van der Waals surface area contributed by atoms with E-state index >= 15 is 4.39 Å². The van der Waals surface area contributed by atoms with Gasteiger partial charge in [-0.3, -0.25) is 14.6 Å². The fourth-order valence-electron chi connectivity index (χ4n) is 5.53. The Kier molecular flexibility index (Phi) is 5.96. The number of hydrogen-bond acceptors (Lipinski definition) is 7.